The number of hydrogen-bond donors (Lipinski definition) is 1. The van der Waals surface area contributed by atoms with Crippen LogP contribution in [-0.4, -0.2) is 25.1 Å². The van der Waals surface area contributed by atoms with Crippen molar-refractivity contribution in [2.24, 2.45) is 5.92 Å². The van der Waals surface area contributed by atoms with Crippen LogP contribution in [0.5, 0.6) is 0 Å². The Bertz CT molecular complexity index is 672. The molecule has 1 unspecified atom stereocenters. The number of anilines is 2. The minimum absolute atomic E-state index is 0.400. The Morgan fingerprint density at radius 3 is 2.86 bits per heavy atom. The predicted octanol–water partition coefficient (Wildman–Crippen LogP) is 3.79. The SMILES string of the molecule is CNc1cnc(N2CCCC(C)C2)c2c(F)cc(F)cc12. The number of hydrogen-bond acceptors (Lipinski definition) is 3. The van der Waals surface area contributed by atoms with Gasteiger partial charge in [0.15, 0.2) is 0 Å². The number of benzene rings is 1. The molecule has 2 heterocycles. The Hall–Kier alpha value is -1.91. The highest BCUT2D eigenvalue weighted by atomic mass is 19.1. The van der Waals surface area contributed by atoms with Gasteiger partial charge in [-0.15, -0.1) is 0 Å². The van der Waals surface area contributed by atoms with Crippen LogP contribution < -0.4 is 10.2 Å². The summed E-state index contributed by atoms with van der Waals surface area (Å²) in [5, 5.41) is 3.89. The summed E-state index contributed by atoms with van der Waals surface area (Å²) >= 11 is 0. The van der Waals surface area contributed by atoms with E-state index in [0.29, 0.717) is 28.2 Å². The maximum atomic E-state index is 14.3. The zero-order valence-electron chi connectivity index (χ0n) is 12.3. The zero-order valence-corrected chi connectivity index (χ0v) is 12.3. The number of nitrogens with zero attached hydrogens (tertiary/aromatic N) is 2. The Morgan fingerprint density at radius 2 is 2.14 bits per heavy atom. The highest BCUT2D eigenvalue weighted by Crippen LogP contribution is 2.34. The molecule has 21 heavy (non-hydrogen) atoms. The number of fused-ring (bicyclic) bond motifs is 1. The molecule has 0 amide bonds. The first-order valence-corrected chi connectivity index (χ1v) is 7.30. The van der Waals surface area contributed by atoms with Crippen LogP contribution in [0.15, 0.2) is 18.3 Å². The summed E-state index contributed by atoms with van der Waals surface area (Å²) in [6.07, 6.45) is 3.90. The lowest BCUT2D eigenvalue weighted by Gasteiger charge is -2.32. The number of rotatable bonds is 2. The quantitative estimate of drug-likeness (QED) is 0.912. The Balaban J connectivity index is 2.19. The number of nitrogens with one attached hydrogen (secondary N) is 1. The molecule has 1 aromatic heterocycles. The summed E-state index contributed by atoms with van der Waals surface area (Å²) in [6.45, 7) is 3.91. The normalized spacial score (nSPS) is 19.0. The third-order valence-electron chi connectivity index (χ3n) is 4.11. The largest absolute Gasteiger partial charge is 0.386 e. The predicted molar refractivity (Wildman–Crippen MR) is 81.8 cm³/mol. The molecule has 1 aromatic carbocycles. The maximum absolute atomic E-state index is 14.3. The molecule has 1 atom stereocenters. The highest BCUT2D eigenvalue weighted by molar-refractivity contribution is 6.00. The van der Waals surface area contributed by atoms with Gasteiger partial charge in [0.05, 0.1) is 17.3 Å². The van der Waals surface area contributed by atoms with Crippen LogP contribution in [0.1, 0.15) is 19.8 Å². The molecule has 1 saturated heterocycles. The van der Waals surface area contributed by atoms with Crippen molar-refractivity contribution >= 4 is 22.3 Å². The molecule has 112 valence electrons. The molecule has 0 aliphatic carbocycles. The van der Waals surface area contributed by atoms with Crippen molar-refractivity contribution in [1.82, 2.24) is 4.98 Å². The topological polar surface area (TPSA) is 28.2 Å². The second-order valence-corrected chi connectivity index (χ2v) is 5.75. The van der Waals surface area contributed by atoms with E-state index in [-0.39, 0.29) is 0 Å². The van der Waals surface area contributed by atoms with E-state index < -0.39 is 11.6 Å². The van der Waals surface area contributed by atoms with Crippen molar-refractivity contribution in [3.05, 3.63) is 30.0 Å². The average Bonchev–Trinajstić information content (AvgIpc) is 2.46. The van der Waals surface area contributed by atoms with Crippen molar-refractivity contribution in [2.75, 3.05) is 30.4 Å². The van der Waals surface area contributed by atoms with Crippen LogP contribution in [0.2, 0.25) is 0 Å². The molecule has 0 spiro atoms. The van der Waals surface area contributed by atoms with Gasteiger partial charge in [0.2, 0.25) is 0 Å². The van der Waals surface area contributed by atoms with Gasteiger partial charge in [0.25, 0.3) is 0 Å². The van der Waals surface area contributed by atoms with E-state index in [0.717, 1.165) is 25.6 Å². The fourth-order valence-corrected chi connectivity index (χ4v) is 3.09. The van der Waals surface area contributed by atoms with Gasteiger partial charge in [-0.2, -0.15) is 0 Å². The van der Waals surface area contributed by atoms with Gasteiger partial charge < -0.3 is 10.2 Å². The highest BCUT2D eigenvalue weighted by Gasteiger charge is 2.22. The second-order valence-electron chi connectivity index (χ2n) is 5.75. The van der Waals surface area contributed by atoms with Crippen LogP contribution >= 0.6 is 0 Å². The van der Waals surface area contributed by atoms with E-state index in [1.54, 1.807) is 13.2 Å². The van der Waals surface area contributed by atoms with Gasteiger partial charge in [-0.1, -0.05) is 6.92 Å². The maximum Gasteiger partial charge on any atom is 0.139 e. The number of halogens is 2. The van der Waals surface area contributed by atoms with Gasteiger partial charge in [0, 0.05) is 31.6 Å². The summed E-state index contributed by atoms with van der Waals surface area (Å²) < 4.78 is 27.9. The molecule has 3 nitrogen and oxygen atoms in total. The third kappa shape index (κ3) is 2.52. The Labute approximate surface area is 123 Å². The number of piperidine rings is 1. The summed E-state index contributed by atoms with van der Waals surface area (Å²) in [4.78, 5) is 6.54. The number of aromatic nitrogens is 1. The smallest absolute Gasteiger partial charge is 0.139 e. The van der Waals surface area contributed by atoms with Crippen molar-refractivity contribution < 1.29 is 8.78 Å². The fourth-order valence-electron chi connectivity index (χ4n) is 3.09. The lowest BCUT2D eigenvalue weighted by Crippen LogP contribution is -2.35. The van der Waals surface area contributed by atoms with E-state index in [4.69, 9.17) is 0 Å². The molecular formula is C16H19F2N3. The Morgan fingerprint density at radius 1 is 1.33 bits per heavy atom. The van der Waals surface area contributed by atoms with E-state index >= 15 is 0 Å². The molecule has 3 rings (SSSR count). The van der Waals surface area contributed by atoms with Crippen molar-refractivity contribution in [2.45, 2.75) is 19.8 Å². The van der Waals surface area contributed by atoms with Gasteiger partial charge >= 0.3 is 0 Å². The van der Waals surface area contributed by atoms with Crippen LogP contribution in [0.25, 0.3) is 10.8 Å². The molecule has 5 heteroatoms. The van der Waals surface area contributed by atoms with Crippen molar-refractivity contribution in [3.63, 3.8) is 0 Å². The van der Waals surface area contributed by atoms with E-state index in [2.05, 4.69) is 22.1 Å². The standard InChI is InChI=1S/C16H19F2N3/c1-10-4-3-5-21(9-10)16-15-12(14(19-2)8-20-16)6-11(17)7-13(15)18/h6-8,10,19H,3-5,9H2,1-2H3. The summed E-state index contributed by atoms with van der Waals surface area (Å²) in [7, 11) is 1.72. The third-order valence-corrected chi connectivity index (χ3v) is 4.11. The Kier molecular flexibility index (Phi) is 3.66. The van der Waals surface area contributed by atoms with E-state index in [1.807, 2.05) is 0 Å². The summed E-state index contributed by atoms with van der Waals surface area (Å²) in [5.41, 5.74) is 0.636. The lowest BCUT2D eigenvalue weighted by molar-refractivity contribution is 0.445. The van der Waals surface area contributed by atoms with Gasteiger partial charge in [-0.25, -0.2) is 13.8 Å². The van der Waals surface area contributed by atoms with E-state index in [9.17, 15) is 8.78 Å². The van der Waals surface area contributed by atoms with Crippen LogP contribution in [0.3, 0.4) is 0 Å². The van der Waals surface area contributed by atoms with Gasteiger partial charge in [-0.3, -0.25) is 0 Å². The average molecular weight is 291 g/mol. The minimum Gasteiger partial charge on any atom is -0.386 e. The van der Waals surface area contributed by atoms with Crippen LogP contribution in [0, 0.1) is 17.6 Å². The number of pyridine rings is 1. The molecule has 2 aromatic rings. The van der Waals surface area contributed by atoms with E-state index in [1.165, 1.54) is 12.5 Å². The van der Waals surface area contributed by atoms with Crippen LogP contribution in [-0.2, 0) is 0 Å². The fraction of sp³-hybridized carbons (Fsp3) is 0.438. The van der Waals surface area contributed by atoms with Gasteiger partial charge in [-0.05, 0) is 24.8 Å². The van der Waals surface area contributed by atoms with Crippen molar-refractivity contribution in [3.8, 4) is 0 Å². The minimum atomic E-state index is -0.569. The summed E-state index contributed by atoms with van der Waals surface area (Å²) in [6, 6.07) is 2.29. The summed E-state index contributed by atoms with van der Waals surface area (Å²) in [5.74, 6) is 0.0552. The first-order valence-electron chi connectivity index (χ1n) is 7.30. The molecular weight excluding hydrogens is 272 g/mol. The first-order chi connectivity index (χ1) is 10.1. The molecule has 1 N–H and O–H groups in total. The molecule has 0 bridgehead atoms. The molecule has 1 aliphatic heterocycles. The molecule has 1 aliphatic rings. The van der Waals surface area contributed by atoms with Crippen molar-refractivity contribution in [1.29, 1.82) is 0 Å². The molecule has 0 saturated carbocycles. The molecule has 0 radical (unpaired) electrons. The molecule has 1 fully saturated rings. The van der Waals surface area contributed by atoms with Crippen LogP contribution in [0.4, 0.5) is 20.3 Å². The first kappa shape index (κ1) is 14.0. The monoisotopic (exact) mass is 291 g/mol. The zero-order chi connectivity index (χ0) is 15.0. The second kappa shape index (κ2) is 5.47. The lowest BCUT2D eigenvalue weighted by atomic mass is 9.99. The van der Waals surface area contributed by atoms with Gasteiger partial charge in [0.1, 0.15) is 17.5 Å².